The van der Waals surface area contributed by atoms with Crippen molar-refractivity contribution in [1.82, 2.24) is 5.32 Å². The molecule has 5 nitrogen and oxygen atoms in total. The van der Waals surface area contributed by atoms with Gasteiger partial charge in [-0.15, -0.1) is 0 Å². The fourth-order valence-corrected chi connectivity index (χ4v) is 3.20. The highest BCUT2D eigenvalue weighted by molar-refractivity contribution is 6.30. The molecule has 1 amide bonds. The summed E-state index contributed by atoms with van der Waals surface area (Å²) in [6, 6.07) is 17.0. The lowest BCUT2D eigenvalue weighted by molar-refractivity contribution is -0.120. The van der Waals surface area contributed by atoms with E-state index in [1.165, 1.54) is 5.56 Å². The van der Waals surface area contributed by atoms with E-state index in [0.29, 0.717) is 16.6 Å². The summed E-state index contributed by atoms with van der Waals surface area (Å²) in [5.74, 6) is -0.168. The fourth-order valence-electron chi connectivity index (χ4n) is 3.07. The van der Waals surface area contributed by atoms with Crippen LogP contribution in [0.15, 0.2) is 66.1 Å². The number of hydrogen-bond acceptors (Lipinski definition) is 4. The van der Waals surface area contributed by atoms with Crippen LogP contribution in [0, 0.1) is 0 Å². The predicted octanol–water partition coefficient (Wildman–Crippen LogP) is 3.24. The standard InChI is InChI=1S/C20H17ClN2O3/c21-13-6-8-14(9-7-13)22-19(25)18-17(24)11-26-20(18)23-16-10-15(16)12-4-2-1-3-5-12/h1-9,15-16,23H,10-11H2,(H,22,25). The molecule has 6 heteroatoms. The average Bonchev–Trinajstić information content (AvgIpc) is 3.32. The number of ketones is 1. The third kappa shape index (κ3) is 3.44. The van der Waals surface area contributed by atoms with Gasteiger partial charge in [-0.2, -0.15) is 0 Å². The minimum absolute atomic E-state index is 0.0404. The van der Waals surface area contributed by atoms with Crippen molar-refractivity contribution in [2.45, 2.75) is 18.4 Å². The van der Waals surface area contributed by atoms with Gasteiger partial charge in [0.05, 0.1) is 0 Å². The molecule has 2 aromatic carbocycles. The number of ether oxygens (including phenoxy) is 1. The first-order valence-corrected chi connectivity index (χ1v) is 8.78. The Hall–Kier alpha value is -2.79. The molecule has 2 aromatic rings. The van der Waals surface area contributed by atoms with Gasteiger partial charge >= 0.3 is 0 Å². The van der Waals surface area contributed by atoms with E-state index in [0.717, 1.165) is 6.42 Å². The second-order valence-electron chi connectivity index (χ2n) is 6.38. The maximum Gasteiger partial charge on any atom is 0.264 e. The SMILES string of the molecule is O=C1COC(NC2CC2c2ccccc2)=C1C(=O)Nc1ccc(Cl)cc1. The first-order valence-electron chi connectivity index (χ1n) is 8.40. The van der Waals surface area contributed by atoms with Crippen LogP contribution in [-0.4, -0.2) is 24.3 Å². The van der Waals surface area contributed by atoms with Crippen LogP contribution in [0.4, 0.5) is 5.69 Å². The third-order valence-corrected chi connectivity index (χ3v) is 4.77. The van der Waals surface area contributed by atoms with Crippen LogP contribution in [0.5, 0.6) is 0 Å². The summed E-state index contributed by atoms with van der Waals surface area (Å²) in [6.45, 7) is -0.117. The van der Waals surface area contributed by atoms with Crippen molar-refractivity contribution in [3.05, 3.63) is 76.6 Å². The Balaban J connectivity index is 1.47. The minimum Gasteiger partial charge on any atom is -0.470 e. The summed E-state index contributed by atoms with van der Waals surface area (Å²) >= 11 is 5.84. The molecule has 2 aliphatic rings. The van der Waals surface area contributed by atoms with Crippen molar-refractivity contribution in [3.8, 4) is 0 Å². The Labute approximate surface area is 156 Å². The average molecular weight is 369 g/mol. The second-order valence-corrected chi connectivity index (χ2v) is 6.82. The van der Waals surface area contributed by atoms with Gasteiger partial charge in [-0.05, 0) is 36.2 Å². The molecule has 0 bridgehead atoms. The zero-order valence-electron chi connectivity index (χ0n) is 13.9. The van der Waals surface area contributed by atoms with E-state index < -0.39 is 5.91 Å². The Kier molecular flexibility index (Phi) is 4.39. The van der Waals surface area contributed by atoms with Gasteiger partial charge < -0.3 is 15.4 Å². The van der Waals surface area contributed by atoms with Crippen LogP contribution in [0.1, 0.15) is 17.9 Å². The molecule has 1 heterocycles. The number of hydrogen-bond donors (Lipinski definition) is 2. The highest BCUT2D eigenvalue weighted by Gasteiger charge is 2.41. The molecular formula is C20H17ClN2O3. The quantitative estimate of drug-likeness (QED) is 0.795. The molecule has 2 atom stereocenters. The van der Waals surface area contributed by atoms with E-state index in [2.05, 4.69) is 22.8 Å². The lowest BCUT2D eigenvalue weighted by atomic mass is 10.1. The monoisotopic (exact) mass is 368 g/mol. The van der Waals surface area contributed by atoms with Gasteiger partial charge in [0.1, 0.15) is 5.57 Å². The predicted molar refractivity (Wildman–Crippen MR) is 98.8 cm³/mol. The highest BCUT2D eigenvalue weighted by atomic mass is 35.5. The largest absolute Gasteiger partial charge is 0.470 e. The Bertz CT molecular complexity index is 878. The topological polar surface area (TPSA) is 67.4 Å². The van der Waals surface area contributed by atoms with Crippen molar-refractivity contribution >= 4 is 29.0 Å². The molecule has 132 valence electrons. The van der Waals surface area contributed by atoms with Gasteiger partial charge in [-0.3, -0.25) is 9.59 Å². The Morgan fingerprint density at radius 3 is 2.54 bits per heavy atom. The number of Topliss-reactive ketones (excluding diaryl/α,β-unsaturated/α-hetero) is 1. The lowest BCUT2D eigenvalue weighted by Crippen LogP contribution is -2.24. The van der Waals surface area contributed by atoms with Gasteiger partial charge in [-0.1, -0.05) is 41.9 Å². The number of nitrogens with one attached hydrogen (secondary N) is 2. The van der Waals surface area contributed by atoms with Crippen molar-refractivity contribution in [1.29, 1.82) is 0 Å². The molecule has 2 unspecified atom stereocenters. The number of anilines is 1. The van der Waals surface area contributed by atoms with Gasteiger partial charge in [0, 0.05) is 22.7 Å². The number of benzene rings is 2. The van der Waals surface area contributed by atoms with E-state index in [4.69, 9.17) is 16.3 Å². The molecule has 0 aromatic heterocycles. The molecule has 1 saturated carbocycles. The zero-order valence-corrected chi connectivity index (χ0v) is 14.6. The summed E-state index contributed by atoms with van der Waals surface area (Å²) in [5.41, 5.74) is 1.85. The smallest absolute Gasteiger partial charge is 0.264 e. The highest BCUT2D eigenvalue weighted by Crippen LogP contribution is 2.41. The summed E-state index contributed by atoms with van der Waals surface area (Å²) in [5, 5.41) is 6.50. The van der Waals surface area contributed by atoms with Gasteiger partial charge in [0.15, 0.2) is 6.61 Å². The van der Waals surface area contributed by atoms with E-state index in [1.807, 2.05) is 18.2 Å². The first-order chi connectivity index (χ1) is 12.6. The van der Waals surface area contributed by atoms with E-state index in [9.17, 15) is 9.59 Å². The summed E-state index contributed by atoms with van der Waals surface area (Å²) in [4.78, 5) is 24.7. The molecule has 0 radical (unpaired) electrons. The number of carbonyl (C=O) groups is 2. The van der Waals surface area contributed by atoms with Crippen molar-refractivity contribution in [2.75, 3.05) is 11.9 Å². The van der Waals surface area contributed by atoms with Crippen LogP contribution < -0.4 is 10.6 Å². The van der Waals surface area contributed by atoms with Crippen LogP contribution >= 0.6 is 11.6 Å². The normalized spacial score (nSPS) is 21.3. The number of halogens is 1. The molecule has 1 aliphatic carbocycles. The van der Waals surface area contributed by atoms with E-state index >= 15 is 0 Å². The maximum atomic E-state index is 12.5. The summed E-state index contributed by atoms with van der Waals surface area (Å²) in [7, 11) is 0. The minimum atomic E-state index is -0.478. The van der Waals surface area contributed by atoms with Crippen LogP contribution in [0.2, 0.25) is 5.02 Å². The molecule has 1 aliphatic heterocycles. The third-order valence-electron chi connectivity index (χ3n) is 4.52. The van der Waals surface area contributed by atoms with Gasteiger partial charge in [-0.25, -0.2) is 0 Å². The molecule has 2 N–H and O–H groups in total. The molecule has 0 saturated heterocycles. The van der Waals surface area contributed by atoms with Gasteiger partial charge in [0.2, 0.25) is 11.7 Å². The van der Waals surface area contributed by atoms with Gasteiger partial charge in [0.25, 0.3) is 5.91 Å². The summed E-state index contributed by atoms with van der Waals surface area (Å²) in [6.07, 6.45) is 0.942. The molecular weight excluding hydrogens is 352 g/mol. The lowest BCUT2D eigenvalue weighted by Gasteiger charge is -2.09. The zero-order chi connectivity index (χ0) is 18.1. The number of amides is 1. The molecule has 0 spiro atoms. The number of carbonyl (C=O) groups excluding carboxylic acids is 2. The first kappa shape index (κ1) is 16.7. The maximum absolute atomic E-state index is 12.5. The summed E-state index contributed by atoms with van der Waals surface area (Å²) < 4.78 is 5.43. The number of rotatable bonds is 5. The molecule has 1 fully saturated rings. The Morgan fingerprint density at radius 2 is 1.81 bits per heavy atom. The van der Waals surface area contributed by atoms with Crippen LogP contribution in [-0.2, 0) is 14.3 Å². The van der Waals surface area contributed by atoms with E-state index in [1.54, 1.807) is 24.3 Å². The second kappa shape index (κ2) is 6.84. The van der Waals surface area contributed by atoms with Crippen molar-refractivity contribution in [2.24, 2.45) is 0 Å². The fraction of sp³-hybridized carbons (Fsp3) is 0.200. The molecule has 26 heavy (non-hydrogen) atoms. The van der Waals surface area contributed by atoms with Crippen molar-refractivity contribution < 1.29 is 14.3 Å². The Morgan fingerprint density at radius 1 is 1.08 bits per heavy atom. The molecule has 4 rings (SSSR count). The van der Waals surface area contributed by atoms with Crippen LogP contribution in [0.3, 0.4) is 0 Å². The van der Waals surface area contributed by atoms with Crippen LogP contribution in [0.25, 0.3) is 0 Å². The van der Waals surface area contributed by atoms with E-state index in [-0.39, 0.29) is 29.9 Å². The van der Waals surface area contributed by atoms with Crippen molar-refractivity contribution in [3.63, 3.8) is 0 Å².